The van der Waals surface area contributed by atoms with Crippen molar-refractivity contribution in [1.82, 2.24) is 0 Å². The van der Waals surface area contributed by atoms with Crippen LogP contribution in [-0.2, 0) is 9.53 Å². The molecule has 1 aliphatic heterocycles. The van der Waals surface area contributed by atoms with Crippen molar-refractivity contribution in [3.05, 3.63) is 12.2 Å². The number of aliphatic carboxylic acids is 1. The van der Waals surface area contributed by atoms with Crippen molar-refractivity contribution in [2.45, 2.75) is 5.72 Å². The van der Waals surface area contributed by atoms with Crippen molar-refractivity contribution in [1.29, 1.82) is 0 Å². The van der Waals surface area contributed by atoms with Crippen LogP contribution in [0.4, 0.5) is 0 Å². The highest BCUT2D eigenvalue weighted by Gasteiger charge is 2.37. The number of rotatable bonds is 2. The smallest absolute Gasteiger partial charge is 0.328 e. The zero-order chi connectivity index (χ0) is 6.91. The lowest BCUT2D eigenvalue weighted by Gasteiger charge is -1.90. The minimum atomic E-state index is -1.00. The largest absolute Gasteiger partial charge is 0.478 e. The number of nitrogens with two attached hydrogens (primary N) is 1. The van der Waals surface area contributed by atoms with Crippen molar-refractivity contribution < 1.29 is 14.6 Å². The van der Waals surface area contributed by atoms with Crippen LogP contribution in [0, 0.1) is 0 Å². The average Bonchev–Trinajstić information content (AvgIpc) is 2.45. The first-order valence-corrected chi connectivity index (χ1v) is 2.47. The molecule has 1 heterocycles. The highest BCUT2D eigenvalue weighted by Crippen LogP contribution is 2.20. The fraction of sp³-hybridized carbons (Fsp3) is 0.400. The van der Waals surface area contributed by atoms with Crippen LogP contribution in [0.2, 0.25) is 0 Å². The summed E-state index contributed by atoms with van der Waals surface area (Å²) in [4.78, 5) is 9.88. The Morgan fingerprint density at radius 1 is 1.89 bits per heavy atom. The Hall–Kier alpha value is -0.870. The summed E-state index contributed by atoms with van der Waals surface area (Å²) in [6.45, 7) is 0.413. The zero-order valence-electron chi connectivity index (χ0n) is 4.70. The van der Waals surface area contributed by atoms with E-state index in [2.05, 4.69) is 4.74 Å². The van der Waals surface area contributed by atoms with Gasteiger partial charge in [-0.1, -0.05) is 0 Å². The lowest BCUT2D eigenvalue weighted by atomic mass is 10.3. The zero-order valence-corrected chi connectivity index (χ0v) is 4.70. The second-order valence-corrected chi connectivity index (χ2v) is 1.92. The van der Waals surface area contributed by atoms with Crippen molar-refractivity contribution in [3.63, 3.8) is 0 Å². The molecule has 1 fully saturated rings. The standard InChI is InChI=1S/C5H7NO3/c6-5(3-9-5)2-1-4(7)8/h1-2H,3,6H2,(H,7,8)/b2-1-. The Morgan fingerprint density at radius 3 is 2.78 bits per heavy atom. The summed E-state index contributed by atoms with van der Waals surface area (Å²) in [5.41, 5.74) is 4.54. The van der Waals surface area contributed by atoms with E-state index in [0.29, 0.717) is 6.61 Å². The quantitative estimate of drug-likeness (QED) is 0.382. The van der Waals surface area contributed by atoms with E-state index in [1.807, 2.05) is 0 Å². The number of epoxide rings is 1. The van der Waals surface area contributed by atoms with E-state index < -0.39 is 11.7 Å². The molecule has 50 valence electrons. The number of carboxylic acid groups (broad SMARTS) is 1. The van der Waals surface area contributed by atoms with Gasteiger partial charge in [-0.15, -0.1) is 0 Å². The summed E-state index contributed by atoms with van der Waals surface area (Å²) in [7, 11) is 0. The second-order valence-electron chi connectivity index (χ2n) is 1.92. The van der Waals surface area contributed by atoms with Crippen LogP contribution in [0.15, 0.2) is 12.2 Å². The van der Waals surface area contributed by atoms with Gasteiger partial charge in [-0.3, -0.25) is 5.73 Å². The van der Waals surface area contributed by atoms with Gasteiger partial charge in [0.2, 0.25) is 0 Å². The normalized spacial score (nSPS) is 33.0. The molecule has 0 aromatic rings. The Bertz CT molecular complexity index is 160. The summed E-state index contributed by atoms with van der Waals surface area (Å²) in [5.74, 6) is -1.00. The number of carboxylic acids is 1. The predicted molar refractivity (Wildman–Crippen MR) is 29.6 cm³/mol. The van der Waals surface area contributed by atoms with Crippen LogP contribution >= 0.6 is 0 Å². The minimum absolute atomic E-state index is 0.413. The summed E-state index contributed by atoms with van der Waals surface area (Å²) >= 11 is 0. The summed E-state index contributed by atoms with van der Waals surface area (Å²) in [6.07, 6.45) is 2.31. The van der Waals surface area contributed by atoms with Gasteiger partial charge < -0.3 is 9.84 Å². The van der Waals surface area contributed by atoms with Crippen LogP contribution < -0.4 is 5.73 Å². The van der Waals surface area contributed by atoms with Gasteiger partial charge in [-0.25, -0.2) is 4.79 Å². The van der Waals surface area contributed by atoms with Crippen LogP contribution in [-0.4, -0.2) is 23.4 Å². The molecule has 1 saturated heterocycles. The number of ether oxygens (including phenoxy) is 1. The van der Waals surface area contributed by atoms with Crippen molar-refractivity contribution in [3.8, 4) is 0 Å². The first kappa shape index (κ1) is 6.25. The number of carbonyl (C=O) groups is 1. The van der Waals surface area contributed by atoms with Gasteiger partial charge >= 0.3 is 5.97 Å². The first-order valence-electron chi connectivity index (χ1n) is 2.47. The van der Waals surface area contributed by atoms with Crippen molar-refractivity contribution in [2.75, 3.05) is 6.61 Å². The van der Waals surface area contributed by atoms with Gasteiger partial charge in [0.25, 0.3) is 0 Å². The molecule has 3 N–H and O–H groups in total. The van der Waals surface area contributed by atoms with Gasteiger partial charge in [0.1, 0.15) is 0 Å². The molecule has 0 bridgehead atoms. The highest BCUT2D eigenvalue weighted by atomic mass is 16.6. The monoisotopic (exact) mass is 129 g/mol. The minimum Gasteiger partial charge on any atom is -0.478 e. The molecule has 0 aromatic heterocycles. The molecule has 4 nitrogen and oxygen atoms in total. The molecule has 1 aliphatic rings. The third kappa shape index (κ3) is 1.83. The molecular formula is C5H7NO3. The van der Waals surface area contributed by atoms with E-state index in [0.717, 1.165) is 6.08 Å². The van der Waals surface area contributed by atoms with Crippen LogP contribution in [0.5, 0.6) is 0 Å². The SMILES string of the molecule is NC1(/C=C\C(=O)O)CO1. The van der Waals surface area contributed by atoms with Gasteiger partial charge in [0, 0.05) is 6.08 Å². The van der Waals surface area contributed by atoms with E-state index in [-0.39, 0.29) is 0 Å². The Kier molecular flexibility index (Phi) is 1.27. The van der Waals surface area contributed by atoms with E-state index >= 15 is 0 Å². The lowest BCUT2D eigenvalue weighted by Crippen LogP contribution is -2.20. The van der Waals surface area contributed by atoms with E-state index in [4.69, 9.17) is 10.8 Å². The summed E-state index contributed by atoms with van der Waals surface area (Å²) in [6, 6.07) is 0. The third-order valence-electron chi connectivity index (χ3n) is 0.986. The maximum Gasteiger partial charge on any atom is 0.328 e. The first-order chi connectivity index (χ1) is 4.12. The predicted octanol–water partition coefficient (Wildman–Crippen LogP) is -0.688. The molecule has 9 heavy (non-hydrogen) atoms. The van der Waals surface area contributed by atoms with E-state index in [1.165, 1.54) is 6.08 Å². The van der Waals surface area contributed by atoms with Gasteiger partial charge in [-0.05, 0) is 6.08 Å². The molecule has 0 aliphatic carbocycles. The van der Waals surface area contributed by atoms with E-state index in [9.17, 15) is 4.79 Å². The van der Waals surface area contributed by atoms with Crippen LogP contribution in [0.25, 0.3) is 0 Å². The van der Waals surface area contributed by atoms with Crippen molar-refractivity contribution in [2.24, 2.45) is 5.73 Å². The number of hydrogen-bond acceptors (Lipinski definition) is 3. The molecule has 4 heteroatoms. The fourth-order valence-electron chi connectivity index (χ4n) is 0.392. The fourth-order valence-corrected chi connectivity index (χ4v) is 0.392. The van der Waals surface area contributed by atoms with Crippen molar-refractivity contribution >= 4 is 5.97 Å². The molecule has 0 spiro atoms. The van der Waals surface area contributed by atoms with Gasteiger partial charge in [-0.2, -0.15) is 0 Å². The van der Waals surface area contributed by atoms with Gasteiger partial charge in [0.15, 0.2) is 5.72 Å². The topological polar surface area (TPSA) is 75.9 Å². The summed E-state index contributed by atoms with van der Waals surface area (Å²) in [5, 5.41) is 8.11. The Balaban J connectivity index is 2.40. The lowest BCUT2D eigenvalue weighted by molar-refractivity contribution is -0.131. The highest BCUT2D eigenvalue weighted by molar-refractivity contribution is 5.80. The molecule has 0 amide bonds. The molecular weight excluding hydrogens is 122 g/mol. The third-order valence-corrected chi connectivity index (χ3v) is 0.986. The van der Waals surface area contributed by atoms with Crippen LogP contribution in [0.3, 0.4) is 0 Å². The summed E-state index contributed by atoms with van der Waals surface area (Å²) < 4.78 is 4.67. The Morgan fingerprint density at radius 2 is 2.44 bits per heavy atom. The Labute approximate surface area is 51.9 Å². The molecule has 0 aromatic carbocycles. The average molecular weight is 129 g/mol. The molecule has 1 rings (SSSR count). The van der Waals surface area contributed by atoms with Gasteiger partial charge in [0.05, 0.1) is 6.61 Å². The second kappa shape index (κ2) is 1.82. The molecule has 0 radical (unpaired) electrons. The van der Waals surface area contributed by atoms with Crippen LogP contribution in [0.1, 0.15) is 0 Å². The maximum absolute atomic E-state index is 9.88. The van der Waals surface area contributed by atoms with E-state index in [1.54, 1.807) is 0 Å². The molecule has 0 saturated carbocycles. The number of hydrogen-bond donors (Lipinski definition) is 2. The maximum atomic E-state index is 9.88. The molecule has 1 atom stereocenters. The molecule has 1 unspecified atom stereocenters.